The third-order valence-corrected chi connectivity index (χ3v) is 7.19. The zero-order valence-corrected chi connectivity index (χ0v) is 18.4. The molecule has 32 heavy (non-hydrogen) atoms. The van der Waals surface area contributed by atoms with Gasteiger partial charge in [-0.2, -0.15) is 0 Å². The summed E-state index contributed by atoms with van der Waals surface area (Å²) in [6.45, 7) is 3.67. The summed E-state index contributed by atoms with van der Waals surface area (Å²) in [5, 5.41) is 0. The first-order valence-electron chi connectivity index (χ1n) is 12.0. The summed E-state index contributed by atoms with van der Waals surface area (Å²) in [6, 6.07) is 6.00. The van der Waals surface area contributed by atoms with Crippen LogP contribution in [0, 0.1) is 0 Å². The van der Waals surface area contributed by atoms with Crippen molar-refractivity contribution < 1.29 is 9.59 Å². The first-order valence-corrected chi connectivity index (χ1v) is 12.0. The fourth-order valence-electron chi connectivity index (χ4n) is 4.96. The lowest BCUT2D eigenvalue weighted by Crippen LogP contribution is -2.49. The summed E-state index contributed by atoms with van der Waals surface area (Å²) in [7, 11) is 0. The van der Waals surface area contributed by atoms with E-state index in [2.05, 4.69) is 22.1 Å². The number of aromatic nitrogens is 2. The standard InChI is InChI=1S/C25H29N5O2/c31-23-2-1-9-30(23)22-8-7-19(15-26-22)25(32)29-12-10-28(11-13-29)24-21(18-5-6-18)14-20(16-27-24)17-3-4-17/h7-8,14-18H,1-6,9-13H2. The largest absolute Gasteiger partial charge is 0.353 e. The molecule has 0 atom stereocenters. The van der Waals surface area contributed by atoms with Gasteiger partial charge in [-0.1, -0.05) is 6.07 Å². The average Bonchev–Trinajstić information content (AvgIpc) is 3.76. The minimum absolute atomic E-state index is 0.0101. The van der Waals surface area contributed by atoms with Gasteiger partial charge in [-0.3, -0.25) is 14.5 Å². The van der Waals surface area contributed by atoms with E-state index in [1.54, 1.807) is 23.2 Å². The monoisotopic (exact) mass is 431 g/mol. The van der Waals surface area contributed by atoms with Crippen molar-refractivity contribution in [1.29, 1.82) is 0 Å². The van der Waals surface area contributed by atoms with Crippen LogP contribution in [0.15, 0.2) is 30.6 Å². The van der Waals surface area contributed by atoms with Gasteiger partial charge in [-0.25, -0.2) is 9.97 Å². The molecule has 0 N–H and O–H groups in total. The number of piperazine rings is 1. The van der Waals surface area contributed by atoms with Gasteiger partial charge in [-0.15, -0.1) is 0 Å². The molecule has 0 bridgehead atoms. The predicted octanol–water partition coefficient (Wildman–Crippen LogP) is 3.32. The third kappa shape index (κ3) is 3.74. The molecule has 2 aromatic rings. The van der Waals surface area contributed by atoms with E-state index in [4.69, 9.17) is 4.98 Å². The van der Waals surface area contributed by atoms with Crippen LogP contribution in [0.5, 0.6) is 0 Å². The molecule has 0 aromatic carbocycles. The summed E-state index contributed by atoms with van der Waals surface area (Å²) in [5.41, 5.74) is 3.42. The average molecular weight is 432 g/mol. The molecule has 7 nitrogen and oxygen atoms in total. The van der Waals surface area contributed by atoms with Crippen LogP contribution in [0.1, 0.15) is 71.8 Å². The Morgan fingerprint density at radius 1 is 0.906 bits per heavy atom. The lowest BCUT2D eigenvalue weighted by molar-refractivity contribution is -0.117. The number of rotatable bonds is 5. The fraction of sp³-hybridized carbons (Fsp3) is 0.520. The molecular weight excluding hydrogens is 402 g/mol. The normalized spacial score (nSPS) is 21.4. The van der Waals surface area contributed by atoms with E-state index >= 15 is 0 Å². The van der Waals surface area contributed by atoms with Crippen LogP contribution >= 0.6 is 0 Å². The molecule has 2 aromatic heterocycles. The zero-order chi connectivity index (χ0) is 21.7. The minimum atomic E-state index is 0.0101. The third-order valence-electron chi connectivity index (χ3n) is 7.19. The molecule has 4 heterocycles. The van der Waals surface area contributed by atoms with E-state index in [0.717, 1.165) is 31.2 Å². The number of hydrogen-bond donors (Lipinski definition) is 0. The minimum Gasteiger partial charge on any atom is -0.353 e. The van der Waals surface area contributed by atoms with Crippen molar-refractivity contribution in [2.75, 3.05) is 42.5 Å². The molecule has 2 aliphatic carbocycles. The Balaban J connectivity index is 1.11. The molecule has 4 fully saturated rings. The number of hydrogen-bond acceptors (Lipinski definition) is 5. The van der Waals surface area contributed by atoms with Crippen LogP contribution in [0.3, 0.4) is 0 Å². The summed E-state index contributed by atoms with van der Waals surface area (Å²) < 4.78 is 0. The van der Waals surface area contributed by atoms with Crippen LogP contribution in [0.2, 0.25) is 0 Å². The lowest BCUT2D eigenvalue weighted by atomic mass is 10.1. The highest BCUT2D eigenvalue weighted by Gasteiger charge is 2.33. The first kappa shape index (κ1) is 19.7. The number of amides is 2. The van der Waals surface area contributed by atoms with E-state index in [1.165, 1.54) is 36.8 Å². The van der Waals surface area contributed by atoms with Crippen molar-refractivity contribution >= 4 is 23.5 Å². The summed E-state index contributed by atoms with van der Waals surface area (Å²) in [6.07, 6.45) is 10.3. The van der Waals surface area contributed by atoms with Crippen LogP contribution < -0.4 is 9.80 Å². The van der Waals surface area contributed by atoms with Crippen molar-refractivity contribution in [1.82, 2.24) is 14.9 Å². The highest BCUT2D eigenvalue weighted by Crippen LogP contribution is 2.47. The molecular formula is C25H29N5O2. The molecule has 6 rings (SSSR count). The fourth-order valence-corrected chi connectivity index (χ4v) is 4.96. The quantitative estimate of drug-likeness (QED) is 0.726. The van der Waals surface area contributed by atoms with Crippen LogP contribution in [-0.2, 0) is 4.79 Å². The lowest BCUT2D eigenvalue weighted by Gasteiger charge is -2.36. The molecule has 0 radical (unpaired) electrons. The Labute approximate surface area is 188 Å². The van der Waals surface area contributed by atoms with E-state index in [9.17, 15) is 9.59 Å². The Bertz CT molecular complexity index is 1040. The smallest absolute Gasteiger partial charge is 0.255 e. The molecule has 4 aliphatic rings. The highest BCUT2D eigenvalue weighted by atomic mass is 16.2. The van der Waals surface area contributed by atoms with Gasteiger partial charge in [0.25, 0.3) is 5.91 Å². The van der Waals surface area contributed by atoms with Crippen LogP contribution in [0.25, 0.3) is 0 Å². The Morgan fingerprint density at radius 3 is 2.31 bits per heavy atom. The second kappa shape index (κ2) is 7.87. The molecule has 166 valence electrons. The van der Waals surface area contributed by atoms with E-state index < -0.39 is 0 Å². The van der Waals surface area contributed by atoms with Gasteiger partial charge in [0, 0.05) is 51.5 Å². The molecule has 7 heteroatoms. The van der Waals surface area contributed by atoms with Crippen molar-refractivity contribution in [2.45, 2.75) is 50.4 Å². The predicted molar refractivity (Wildman–Crippen MR) is 122 cm³/mol. The number of carbonyl (C=O) groups excluding carboxylic acids is 2. The summed E-state index contributed by atoms with van der Waals surface area (Å²) in [4.78, 5) is 40.2. The maximum absolute atomic E-state index is 13.0. The zero-order valence-electron chi connectivity index (χ0n) is 18.4. The van der Waals surface area contributed by atoms with E-state index in [1.807, 2.05) is 4.90 Å². The molecule has 2 saturated carbocycles. The van der Waals surface area contributed by atoms with Crippen LogP contribution in [0.4, 0.5) is 11.6 Å². The van der Waals surface area contributed by atoms with Gasteiger partial charge in [0.15, 0.2) is 0 Å². The van der Waals surface area contributed by atoms with Gasteiger partial charge in [0.2, 0.25) is 5.91 Å². The molecule has 2 saturated heterocycles. The van der Waals surface area contributed by atoms with Gasteiger partial charge < -0.3 is 9.80 Å². The number of anilines is 2. The highest BCUT2D eigenvalue weighted by molar-refractivity contribution is 5.96. The maximum atomic E-state index is 13.0. The van der Waals surface area contributed by atoms with E-state index in [-0.39, 0.29) is 11.8 Å². The summed E-state index contributed by atoms with van der Waals surface area (Å²) in [5.74, 6) is 3.29. The van der Waals surface area contributed by atoms with Crippen molar-refractivity contribution in [3.05, 3.63) is 47.3 Å². The number of pyridine rings is 2. The molecule has 2 aliphatic heterocycles. The van der Waals surface area contributed by atoms with Gasteiger partial charge >= 0.3 is 0 Å². The van der Waals surface area contributed by atoms with E-state index in [0.29, 0.717) is 43.4 Å². The topological polar surface area (TPSA) is 69.6 Å². The second-order valence-corrected chi connectivity index (χ2v) is 9.56. The van der Waals surface area contributed by atoms with Gasteiger partial charge in [-0.05, 0) is 67.2 Å². The number of carbonyl (C=O) groups is 2. The molecule has 0 unspecified atom stereocenters. The Kier molecular flexibility index (Phi) is 4.85. The van der Waals surface area contributed by atoms with Gasteiger partial charge in [0.1, 0.15) is 11.6 Å². The second-order valence-electron chi connectivity index (χ2n) is 9.56. The van der Waals surface area contributed by atoms with Crippen molar-refractivity contribution in [3.8, 4) is 0 Å². The first-order chi connectivity index (χ1) is 15.7. The van der Waals surface area contributed by atoms with Crippen molar-refractivity contribution in [2.24, 2.45) is 0 Å². The molecule has 2 amide bonds. The van der Waals surface area contributed by atoms with Crippen LogP contribution in [-0.4, -0.2) is 59.4 Å². The van der Waals surface area contributed by atoms with Crippen molar-refractivity contribution in [3.63, 3.8) is 0 Å². The Morgan fingerprint density at radius 2 is 1.69 bits per heavy atom. The summed E-state index contributed by atoms with van der Waals surface area (Å²) >= 11 is 0. The molecule has 0 spiro atoms. The van der Waals surface area contributed by atoms with Gasteiger partial charge in [0.05, 0.1) is 5.56 Å². The Hall–Kier alpha value is -2.96. The number of nitrogens with zero attached hydrogens (tertiary/aromatic N) is 5. The SMILES string of the molecule is O=C(c1ccc(N2CCCC2=O)nc1)N1CCN(c2ncc(C3CC3)cc2C2CC2)CC1. The maximum Gasteiger partial charge on any atom is 0.255 e.